The minimum atomic E-state index is -0.749. The van der Waals surface area contributed by atoms with Crippen LogP contribution >= 0.6 is 11.3 Å². The Bertz CT molecular complexity index is 1210. The monoisotopic (exact) mass is 434 g/mol. The van der Waals surface area contributed by atoms with Crippen molar-refractivity contribution in [2.75, 3.05) is 6.61 Å². The molecule has 0 saturated heterocycles. The average Bonchev–Trinajstić information content (AvgIpc) is 3.57. The summed E-state index contributed by atoms with van der Waals surface area (Å²) < 4.78 is 11.9. The van der Waals surface area contributed by atoms with Gasteiger partial charge in [-0.2, -0.15) is 4.68 Å². The van der Waals surface area contributed by atoms with Gasteiger partial charge < -0.3 is 9.15 Å². The summed E-state index contributed by atoms with van der Waals surface area (Å²) in [5.41, 5.74) is 0.736. The number of ether oxygens (including phenoxy) is 1. The number of esters is 1. The molecule has 8 nitrogen and oxygen atoms in total. The van der Waals surface area contributed by atoms with E-state index in [1.54, 1.807) is 18.2 Å². The summed E-state index contributed by atoms with van der Waals surface area (Å²) in [7, 11) is 0. The van der Waals surface area contributed by atoms with Crippen LogP contribution in [-0.4, -0.2) is 38.6 Å². The number of furan rings is 1. The van der Waals surface area contributed by atoms with E-state index in [1.807, 2.05) is 43.3 Å². The van der Waals surface area contributed by atoms with Crippen LogP contribution in [0.15, 0.2) is 65.3 Å². The Labute approximate surface area is 181 Å². The summed E-state index contributed by atoms with van der Waals surface area (Å²) in [5, 5.41) is 11.7. The van der Waals surface area contributed by atoms with E-state index in [0.717, 1.165) is 11.3 Å². The summed E-state index contributed by atoms with van der Waals surface area (Å²) in [6.45, 7) is 1.63. The lowest BCUT2D eigenvalue weighted by Gasteiger charge is -2.09. The molecule has 0 spiro atoms. The Hall–Kier alpha value is -3.85. The Morgan fingerprint density at radius 2 is 1.97 bits per heavy atom. The number of hydrogen-bond donors (Lipinski definition) is 0. The molecule has 0 atom stereocenters. The number of thiophene rings is 1. The van der Waals surface area contributed by atoms with Crippen LogP contribution in [0, 0.1) is 0 Å². The molecule has 4 rings (SSSR count). The van der Waals surface area contributed by atoms with E-state index >= 15 is 0 Å². The zero-order valence-electron chi connectivity index (χ0n) is 16.6. The average molecular weight is 434 g/mol. The molecular weight excluding hydrogens is 416 g/mol. The highest BCUT2D eigenvalue weighted by Crippen LogP contribution is 2.22. The van der Waals surface area contributed by atoms with Crippen LogP contribution in [0.3, 0.4) is 0 Å². The maximum Gasteiger partial charge on any atom is 0.357 e. The zero-order valence-corrected chi connectivity index (χ0v) is 17.4. The fraction of sp³-hybridized carbons (Fsp3) is 0.136. The van der Waals surface area contributed by atoms with Crippen LogP contribution in [0.5, 0.6) is 0 Å². The van der Waals surface area contributed by atoms with Crippen molar-refractivity contribution in [1.82, 2.24) is 20.2 Å². The zero-order chi connectivity index (χ0) is 21.6. The van der Waals surface area contributed by atoms with Gasteiger partial charge in [-0.05, 0) is 41.1 Å². The van der Waals surface area contributed by atoms with Gasteiger partial charge in [-0.3, -0.25) is 4.79 Å². The molecule has 0 aliphatic heterocycles. The molecule has 0 radical (unpaired) electrons. The molecule has 1 aromatic carbocycles. The van der Waals surface area contributed by atoms with Gasteiger partial charge in [0.25, 0.3) is 0 Å². The van der Waals surface area contributed by atoms with Gasteiger partial charge in [-0.15, -0.1) is 16.4 Å². The molecule has 0 bridgehead atoms. The maximum atomic E-state index is 13.0. The quantitative estimate of drug-likeness (QED) is 0.235. The number of aryl methyl sites for hydroxylation is 1. The van der Waals surface area contributed by atoms with E-state index in [1.165, 1.54) is 28.4 Å². The minimum absolute atomic E-state index is 0.0204. The highest BCUT2D eigenvalue weighted by atomic mass is 32.1. The molecule has 3 aromatic heterocycles. The molecule has 9 heteroatoms. The number of tetrazole rings is 1. The molecule has 0 aliphatic rings. The number of carbonyl (C=O) groups excluding carboxylic acids is 2. The van der Waals surface area contributed by atoms with Crippen LogP contribution in [-0.2, 0) is 16.0 Å². The third kappa shape index (κ3) is 4.67. The SMILES string of the molecule is CCc1ccc(C(=O)COC(=O)/C(=C/c2ccco2)n2nnnc2-c2ccccc2)s1. The van der Waals surface area contributed by atoms with Gasteiger partial charge >= 0.3 is 5.97 Å². The lowest BCUT2D eigenvalue weighted by atomic mass is 10.2. The summed E-state index contributed by atoms with van der Waals surface area (Å²) in [4.78, 5) is 27.0. The molecule has 3 heterocycles. The van der Waals surface area contributed by atoms with E-state index < -0.39 is 5.97 Å². The first-order valence-electron chi connectivity index (χ1n) is 9.54. The fourth-order valence-electron chi connectivity index (χ4n) is 2.83. The molecule has 0 aliphatic carbocycles. The molecule has 156 valence electrons. The van der Waals surface area contributed by atoms with Crippen LogP contribution < -0.4 is 0 Å². The third-order valence-electron chi connectivity index (χ3n) is 4.38. The van der Waals surface area contributed by atoms with Gasteiger partial charge in [0.1, 0.15) is 5.76 Å². The molecule has 0 saturated carbocycles. The lowest BCUT2D eigenvalue weighted by Crippen LogP contribution is -2.18. The van der Waals surface area contributed by atoms with Crippen molar-refractivity contribution >= 4 is 34.9 Å². The van der Waals surface area contributed by atoms with Crippen LogP contribution in [0.25, 0.3) is 23.2 Å². The predicted octanol–water partition coefficient (Wildman–Crippen LogP) is 3.98. The topological polar surface area (TPSA) is 100 Å². The number of aromatic nitrogens is 4. The predicted molar refractivity (Wildman–Crippen MR) is 115 cm³/mol. The number of carbonyl (C=O) groups is 2. The largest absolute Gasteiger partial charge is 0.465 e. The van der Waals surface area contributed by atoms with Crippen LogP contribution in [0.4, 0.5) is 0 Å². The fourth-order valence-corrected chi connectivity index (χ4v) is 3.70. The Balaban J connectivity index is 1.60. The van der Waals surface area contributed by atoms with E-state index in [-0.39, 0.29) is 18.1 Å². The van der Waals surface area contributed by atoms with E-state index in [9.17, 15) is 9.59 Å². The summed E-state index contributed by atoms with van der Waals surface area (Å²) in [6, 6.07) is 16.2. The van der Waals surface area contributed by atoms with Crippen LogP contribution in [0.1, 0.15) is 27.2 Å². The van der Waals surface area contributed by atoms with Crippen molar-refractivity contribution in [3.63, 3.8) is 0 Å². The van der Waals surface area contributed by atoms with Crippen molar-refractivity contribution in [2.45, 2.75) is 13.3 Å². The first-order chi connectivity index (χ1) is 15.2. The van der Waals surface area contributed by atoms with Gasteiger partial charge in [0, 0.05) is 16.5 Å². The first-order valence-corrected chi connectivity index (χ1v) is 10.4. The van der Waals surface area contributed by atoms with Gasteiger partial charge in [0.2, 0.25) is 5.78 Å². The minimum Gasteiger partial charge on any atom is -0.465 e. The molecule has 0 unspecified atom stereocenters. The van der Waals surface area contributed by atoms with E-state index in [4.69, 9.17) is 9.15 Å². The van der Waals surface area contributed by atoms with Crippen LogP contribution in [0.2, 0.25) is 0 Å². The molecule has 0 amide bonds. The highest BCUT2D eigenvalue weighted by molar-refractivity contribution is 7.14. The Kier molecular flexibility index (Phi) is 6.13. The van der Waals surface area contributed by atoms with Crippen molar-refractivity contribution in [3.05, 3.63) is 76.4 Å². The molecular formula is C22H18N4O4S. The Morgan fingerprint density at radius 3 is 2.68 bits per heavy atom. The van der Waals surface area contributed by atoms with Crippen molar-refractivity contribution in [3.8, 4) is 11.4 Å². The third-order valence-corrected chi connectivity index (χ3v) is 5.65. The normalized spacial score (nSPS) is 11.5. The van der Waals surface area contributed by atoms with Gasteiger partial charge in [0.05, 0.1) is 11.1 Å². The lowest BCUT2D eigenvalue weighted by molar-refractivity contribution is -0.136. The second-order valence-electron chi connectivity index (χ2n) is 6.44. The highest BCUT2D eigenvalue weighted by Gasteiger charge is 2.22. The van der Waals surface area contributed by atoms with Gasteiger partial charge in [0.15, 0.2) is 18.1 Å². The number of Topliss-reactive ketones (excluding diaryl/α,β-unsaturated/α-hetero) is 1. The Morgan fingerprint density at radius 1 is 1.13 bits per heavy atom. The van der Waals surface area contributed by atoms with Gasteiger partial charge in [-0.1, -0.05) is 37.3 Å². The van der Waals surface area contributed by atoms with E-state index in [0.29, 0.717) is 22.0 Å². The maximum absolute atomic E-state index is 13.0. The molecule has 31 heavy (non-hydrogen) atoms. The second-order valence-corrected chi connectivity index (χ2v) is 7.61. The summed E-state index contributed by atoms with van der Waals surface area (Å²) in [5.74, 6) is -0.247. The smallest absolute Gasteiger partial charge is 0.357 e. The standard InChI is InChI=1S/C22H18N4O4S/c1-2-17-10-11-20(31-17)19(27)14-30-22(28)18(13-16-9-6-12-29-16)26-21(23-24-25-26)15-7-4-3-5-8-15/h3-13H,2,14H2,1H3/b18-13-. The number of benzene rings is 1. The second kappa shape index (κ2) is 9.31. The number of nitrogens with zero attached hydrogens (tertiary/aromatic N) is 4. The summed E-state index contributed by atoms with van der Waals surface area (Å²) in [6.07, 6.45) is 3.80. The molecule has 0 N–H and O–H groups in total. The van der Waals surface area contributed by atoms with Crippen molar-refractivity contribution in [1.29, 1.82) is 0 Å². The number of hydrogen-bond acceptors (Lipinski definition) is 8. The summed E-state index contributed by atoms with van der Waals surface area (Å²) >= 11 is 1.39. The van der Waals surface area contributed by atoms with E-state index in [2.05, 4.69) is 15.5 Å². The first kappa shape index (κ1) is 20.4. The number of ketones is 1. The molecule has 0 fully saturated rings. The number of rotatable bonds is 8. The van der Waals surface area contributed by atoms with Crippen molar-refractivity contribution in [2.24, 2.45) is 0 Å². The molecule has 4 aromatic rings. The van der Waals surface area contributed by atoms with Gasteiger partial charge in [-0.25, -0.2) is 4.79 Å². The van der Waals surface area contributed by atoms with Crippen molar-refractivity contribution < 1.29 is 18.7 Å².